The lowest BCUT2D eigenvalue weighted by atomic mass is 10.1. The number of rotatable bonds is 4. The molecule has 0 unspecified atom stereocenters. The van der Waals surface area contributed by atoms with Crippen molar-refractivity contribution in [2.75, 3.05) is 0 Å². The number of para-hydroxylation sites is 1. The molecule has 0 saturated heterocycles. The Morgan fingerprint density at radius 2 is 1.50 bits per heavy atom. The van der Waals surface area contributed by atoms with E-state index >= 15 is 0 Å². The zero-order chi connectivity index (χ0) is 13.0. The molecule has 0 saturated carbocycles. The zero-order valence-electron chi connectivity index (χ0n) is 10.1. The Bertz CT molecular complexity index is 518. The molecular weight excluding hydrogens is 234 g/mol. The highest BCUT2D eigenvalue weighted by Gasteiger charge is 2.10. The molecule has 0 aromatic heterocycles. The molecule has 0 heterocycles. The van der Waals surface area contributed by atoms with E-state index in [1.165, 1.54) is 18.2 Å². The lowest BCUT2D eigenvalue weighted by molar-refractivity contribution is 0.273. The van der Waals surface area contributed by atoms with Crippen LogP contribution < -0.4 is 4.74 Å². The number of benzene rings is 2. The summed E-state index contributed by atoms with van der Waals surface area (Å²) in [7, 11) is 0. The molecule has 2 aromatic rings. The summed E-state index contributed by atoms with van der Waals surface area (Å²) in [6.07, 6.45) is 0.860. The van der Waals surface area contributed by atoms with Gasteiger partial charge in [-0.3, -0.25) is 0 Å². The van der Waals surface area contributed by atoms with Crippen LogP contribution in [0.25, 0.3) is 0 Å². The van der Waals surface area contributed by atoms with Crippen LogP contribution >= 0.6 is 0 Å². The average molecular weight is 248 g/mol. The molecule has 0 amide bonds. The van der Waals surface area contributed by atoms with Gasteiger partial charge in [-0.2, -0.15) is 0 Å². The minimum Gasteiger partial charge on any atom is -0.483 e. The molecular formula is C15H14F2O. The second kappa shape index (κ2) is 5.63. The quantitative estimate of drug-likeness (QED) is 0.791. The van der Waals surface area contributed by atoms with E-state index in [0.29, 0.717) is 0 Å². The van der Waals surface area contributed by atoms with Gasteiger partial charge in [0.15, 0.2) is 17.4 Å². The van der Waals surface area contributed by atoms with Gasteiger partial charge in [-0.1, -0.05) is 37.3 Å². The fourth-order valence-electron chi connectivity index (χ4n) is 1.81. The molecule has 2 aromatic carbocycles. The fourth-order valence-corrected chi connectivity index (χ4v) is 1.81. The highest BCUT2D eigenvalue weighted by molar-refractivity contribution is 5.29. The molecule has 3 heteroatoms. The first-order valence-corrected chi connectivity index (χ1v) is 5.86. The molecule has 0 aliphatic carbocycles. The summed E-state index contributed by atoms with van der Waals surface area (Å²) >= 11 is 0. The molecule has 0 spiro atoms. The maximum atomic E-state index is 13.4. The minimum atomic E-state index is -0.677. The van der Waals surface area contributed by atoms with E-state index in [1.807, 2.05) is 31.2 Å². The summed E-state index contributed by atoms with van der Waals surface area (Å²) in [5.41, 5.74) is 2.07. The smallest absolute Gasteiger partial charge is 0.191 e. The number of aryl methyl sites for hydroxylation is 1. The Morgan fingerprint density at radius 1 is 0.889 bits per heavy atom. The Hall–Kier alpha value is -1.90. The second-order valence-corrected chi connectivity index (χ2v) is 3.96. The first-order valence-electron chi connectivity index (χ1n) is 5.86. The highest BCUT2D eigenvalue weighted by atomic mass is 19.1. The lowest BCUT2D eigenvalue weighted by Gasteiger charge is -2.11. The molecule has 2 rings (SSSR count). The van der Waals surface area contributed by atoms with Crippen molar-refractivity contribution in [1.29, 1.82) is 0 Å². The third-order valence-corrected chi connectivity index (χ3v) is 2.79. The van der Waals surface area contributed by atoms with Crippen LogP contribution in [0.3, 0.4) is 0 Å². The van der Waals surface area contributed by atoms with E-state index in [4.69, 9.17) is 4.74 Å². The van der Waals surface area contributed by atoms with Gasteiger partial charge >= 0.3 is 0 Å². The molecule has 0 bridgehead atoms. The number of hydrogen-bond acceptors (Lipinski definition) is 1. The van der Waals surface area contributed by atoms with Crippen molar-refractivity contribution in [2.24, 2.45) is 0 Å². The predicted molar refractivity (Wildman–Crippen MR) is 66.5 cm³/mol. The van der Waals surface area contributed by atoms with Gasteiger partial charge in [0.2, 0.25) is 0 Å². The van der Waals surface area contributed by atoms with Crippen molar-refractivity contribution in [1.82, 2.24) is 0 Å². The normalized spacial score (nSPS) is 10.4. The second-order valence-electron chi connectivity index (χ2n) is 3.96. The van der Waals surface area contributed by atoms with Crippen molar-refractivity contribution in [2.45, 2.75) is 20.0 Å². The zero-order valence-corrected chi connectivity index (χ0v) is 10.1. The average Bonchev–Trinajstić information content (AvgIpc) is 2.38. The van der Waals surface area contributed by atoms with Crippen LogP contribution in [0.5, 0.6) is 5.75 Å². The summed E-state index contributed by atoms with van der Waals surface area (Å²) in [5, 5.41) is 0. The van der Waals surface area contributed by atoms with Crippen LogP contribution in [0.15, 0.2) is 42.5 Å². The van der Waals surface area contributed by atoms with E-state index in [-0.39, 0.29) is 12.4 Å². The largest absolute Gasteiger partial charge is 0.483 e. The van der Waals surface area contributed by atoms with E-state index < -0.39 is 11.6 Å². The monoisotopic (exact) mass is 248 g/mol. The summed E-state index contributed by atoms with van der Waals surface area (Å²) in [4.78, 5) is 0. The predicted octanol–water partition coefficient (Wildman–Crippen LogP) is 4.11. The first-order chi connectivity index (χ1) is 8.72. The van der Waals surface area contributed by atoms with E-state index in [9.17, 15) is 8.78 Å². The van der Waals surface area contributed by atoms with Gasteiger partial charge in [0.05, 0.1) is 0 Å². The Morgan fingerprint density at radius 3 is 2.11 bits per heavy atom. The third-order valence-electron chi connectivity index (χ3n) is 2.79. The van der Waals surface area contributed by atoms with Gasteiger partial charge in [0.1, 0.15) is 6.61 Å². The van der Waals surface area contributed by atoms with Crippen LogP contribution in [-0.4, -0.2) is 0 Å². The SMILES string of the molecule is CCc1ccccc1COc1c(F)cccc1F. The maximum Gasteiger partial charge on any atom is 0.191 e. The molecule has 0 fully saturated rings. The lowest BCUT2D eigenvalue weighted by Crippen LogP contribution is -2.02. The molecule has 94 valence electrons. The molecule has 0 aliphatic rings. The van der Waals surface area contributed by atoms with E-state index in [2.05, 4.69) is 0 Å². The molecule has 0 radical (unpaired) electrons. The van der Waals surface area contributed by atoms with Gasteiger partial charge in [-0.15, -0.1) is 0 Å². The standard InChI is InChI=1S/C15H14F2O/c1-2-11-6-3-4-7-12(11)10-18-15-13(16)8-5-9-14(15)17/h3-9H,2,10H2,1H3. The third kappa shape index (κ3) is 2.67. The molecule has 0 atom stereocenters. The van der Waals surface area contributed by atoms with Crippen LogP contribution in [0.4, 0.5) is 8.78 Å². The molecule has 1 nitrogen and oxygen atoms in total. The Balaban J connectivity index is 2.16. The summed E-state index contributed by atoms with van der Waals surface area (Å²) in [6.45, 7) is 2.20. The van der Waals surface area contributed by atoms with E-state index in [1.54, 1.807) is 0 Å². The highest BCUT2D eigenvalue weighted by Crippen LogP contribution is 2.22. The first kappa shape index (κ1) is 12.6. The van der Waals surface area contributed by atoms with Crippen molar-refractivity contribution < 1.29 is 13.5 Å². The van der Waals surface area contributed by atoms with Gasteiger partial charge in [0, 0.05) is 0 Å². The molecule has 18 heavy (non-hydrogen) atoms. The number of halogens is 2. The van der Waals surface area contributed by atoms with Crippen LogP contribution in [0.1, 0.15) is 18.1 Å². The minimum absolute atomic E-state index is 0.169. The number of hydrogen-bond donors (Lipinski definition) is 0. The van der Waals surface area contributed by atoms with Crippen molar-refractivity contribution >= 4 is 0 Å². The van der Waals surface area contributed by atoms with E-state index in [0.717, 1.165) is 17.5 Å². The van der Waals surface area contributed by atoms with Crippen LogP contribution in [0.2, 0.25) is 0 Å². The van der Waals surface area contributed by atoms with Gasteiger partial charge < -0.3 is 4.74 Å². The topological polar surface area (TPSA) is 9.23 Å². The van der Waals surface area contributed by atoms with Crippen molar-refractivity contribution in [3.05, 3.63) is 65.2 Å². The Labute approximate surface area is 105 Å². The summed E-state index contributed by atoms with van der Waals surface area (Å²) < 4.78 is 32.0. The van der Waals surface area contributed by atoms with Gasteiger partial charge in [-0.25, -0.2) is 8.78 Å². The van der Waals surface area contributed by atoms with Crippen molar-refractivity contribution in [3.8, 4) is 5.75 Å². The van der Waals surface area contributed by atoms with Crippen molar-refractivity contribution in [3.63, 3.8) is 0 Å². The fraction of sp³-hybridized carbons (Fsp3) is 0.200. The summed E-state index contributed by atoms with van der Waals surface area (Å²) in [6, 6.07) is 11.4. The Kier molecular flexibility index (Phi) is 3.92. The van der Waals surface area contributed by atoms with Crippen LogP contribution in [-0.2, 0) is 13.0 Å². The maximum absolute atomic E-state index is 13.4. The molecule has 0 aliphatic heterocycles. The summed E-state index contributed by atoms with van der Waals surface area (Å²) in [5.74, 6) is -1.67. The van der Waals surface area contributed by atoms with Gasteiger partial charge in [-0.05, 0) is 29.7 Å². The molecule has 0 N–H and O–H groups in total. The van der Waals surface area contributed by atoms with Gasteiger partial charge in [0.25, 0.3) is 0 Å². The van der Waals surface area contributed by atoms with Crippen LogP contribution in [0, 0.1) is 11.6 Å². The number of ether oxygens (including phenoxy) is 1.